The third kappa shape index (κ3) is 2.08. The van der Waals surface area contributed by atoms with Crippen LogP contribution < -0.4 is 4.74 Å². The molecule has 0 N–H and O–H groups in total. The Morgan fingerprint density at radius 3 is 2.45 bits per heavy atom. The van der Waals surface area contributed by atoms with Crippen LogP contribution in [0, 0.1) is 0 Å². The van der Waals surface area contributed by atoms with E-state index in [1.165, 1.54) is 0 Å². The van der Waals surface area contributed by atoms with Crippen LogP contribution >= 0.6 is 0 Å². The van der Waals surface area contributed by atoms with Gasteiger partial charge in [-0.2, -0.15) is 0 Å². The summed E-state index contributed by atoms with van der Waals surface area (Å²) in [6, 6.07) is 6.86. The van der Waals surface area contributed by atoms with Crippen molar-refractivity contribution in [2.24, 2.45) is 0 Å². The first-order chi connectivity index (χ1) is 5.36. The number of carbonyl (C=O) groups excluding carboxylic acids is 1. The molecule has 0 aliphatic rings. The average Bonchev–Trinajstić information content (AvgIpc) is 2.07. The highest BCUT2D eigenvalue weighted by Gasteiger charge is 1.91. The standard InChI is InChI=1S/C9H9O2/c1-2-11-9-5-3-8(7-10)4-6-9/h3-6H,2H2,1H3. The van der Waals surface area contributed by atoms with Crippen LogP contribution in [0.3, 0.4) is 0 Å². The van der Waals surface area contributed by atoms with Gasteiger partial charge in [0.2, 0.25) is 6.29 Å². The molecule has 0 saturated carbocycles. The summed E-state index contributed by atoms with van der Waals surface area (Å²) in [4.78, 5) is 10.1. The van der Waals surface area contributed by atoms with Gasteiger partial charge < -0.3 is 4.74 Å². The van der Waals surface area contributed by atoms with Crippen LogP contribution in [0.5, 0.6) is 5.75 Å². The molecule has 57 valence electrons. The Labute approximate surface area is 65.8 Å². The Balaban J connectivity index is 2.74. The molecule has 2 heteroatoms. The highest BCUT2D eigenvalue weighted by molar-refractivity contribution is 5.75. The van der Waals surface area contributed by atoms with Crippen molar-refractivity contribution in [2.45, 2.75) is 6.92 Å². The number of ether oxygens (including phenoxy) is 1. The molecule has 1 aromatic rings. The van der Waals surface area contributed by atoms with E-state index in [0.29, 0.717) is 12.2 Å². The largest absolute Gasteiger partial charge is 0.494 e. The molecule has 0 atom stereocenters. The second-order valence-corrected chi connectivity index (χ2v) is 2.06. The lowest BCUT2D eigenvalue weighted by Gasteiger charge is -2.00. The SMILES string of the molecule is CCOc1ccc([C]=O)cc1. The minimum atomic E-state index is 0.549. The van der Waals surface area contributed by atoms with Crippen molar-refractivity contribution in [1.82, 2.24) is 0 Å². The van der Waals surface area contributed by atoms with Gasteiger partial charge in [-0.3, -0.25) is 4.79 Å². The highest BCUT2D eigenvalue weighted by atomic mass is 16.5. The van der Waals surface area contributed by atoms with Crippen LogP contribution in [0.15, 0.2) is 24.3 Å². The first-order valence-electron chi connectivity index (χ1n) is 3.48. The van der Waals surface area contributed by atoms with Gasteiger partial charge in [0.15, 0.2) is 0 Å². The molecule has 0 aromatic heterocycles. The molecule has 0 aliphatic heterocycles. The van der Waals surface area contributed by atoms with E-state index in [1.54, 1.807) is 30.6 Å². The van der Waals surface area contributed by atoms with Gasteiger partial charge in [0.25, 0.3) is 0 Å². The summed E-state index contributed by atoms with van der Waals surface area (Å²) in [7, 11) is 0. The lowest BCUT2D eigenvalue weighted by Crippen LogP contribution is -1.90. The number of hydrogen-bond acceptors (Lipinski definition) is 2. The second-order valence-electron chi connectivity index (χ2n) is 2.06. The molecule has 0 unspecified atom stereocenters. The summed E-state index contributed by atoms with van der Waals surface area (Å²) < 4.78 is 5.18. The predicted molar refractivity (Wildman–Crippen MR) is 42.4 cm³/mol. The Kier molecular flexibility index (Phi) is 2.66. The fourth-order valence-corrected chi connectivity index (χ4v) is 0.786. The smallest absolute Gasteiger partial charge is 0.233 e. The molecule has 1 radical (unpaired) electrons. The minimum Gasteiger partial charge on any atom is -0.494 e. The Bertz CT molecular complexity index is 226. The van der Waals surface area contributed by atoms with Gasteiger partial charge in [-0.25, -0.2) is 0 Å². The number of rotatable bonds is 3. The monoisotopic (exact) mass is 149 g/mol. The van der Waals surface area contributed by atoms with Gasteiger partial charge >= 0.3 is 0 Å². The third-order valence-corrected chi connectivity index (χ3v) is 1.28. The van der Waals surface area contributed by atoms with Crippen LogP contribution in [0.1, 0.15) is 12.5 Å². The predicted octanol–water partition coefficient (Wildman–Crippen LogP) is 1.54. The van der Waals surface area contributed by atoms with E-state index in [2.05, 4.69) is 0 Å². The highest BCUT2D eigenvalue weighted by Crippen LogP contribution is 2.10. The van der Waals surface area contributed by atoms with Crippen molar-refractivity contribution in [1.29, 1.82) is 0 Å². The van der Waals surface area contributed by atoms with E-state index in [0.717, 1.165) is 5.75 Å². The Morgan fingerprint density at radius 2 is 2.00 bits per heavy atom. The zero-order valence-electron chi connectivity index (χ0n) is 6.33. The fraction of sp³-hybridized carbons (Fsp3) is 0.222. The number of benzene rings is 1. The quantitative estimate of drug-likeness (QED) is 0.651. The van der Waals surface area contributed by atoms with Crippen LogP contribution in [0.25, 0.3) is 0 Å². The molecule has 0 aliphatic carbocycles. The lowest BCUT2D eigenvalue weighted by molar-refractivity contribution is 0.340. The van der Waals surface area contributed by atoms with Gasteiger partial charge in [-0.05, 0) is 31.2 Å². The molecule has 0 amide bonds. The molecule has 11 heavy (non-hydrogen) atoms. The third-order valence-electron chi connectivity index (χ3n) is 1.28. The van der Waals surface area contributed by atoms with Crippen LogP contribution in [-0.2, 0) is 4.79 Å². The van der Waals surface area contributed by atoms with Crippen LogP contribution in [0.4, 0.5) is 0 Å². The summed E-state index contributed by atoms with van der Waals surface area (Å²) in [5.74, 6) is 0.784. The van der Waals surface area contributed by atoms with Crippen molar-refractivity contribution in [2.75, 3.05) is 6.61 Å². The summed E-state index contributed by atoms with van der Waals surface area (Å²) >= 11 is 0. The molecule has 2 nitrogen and oxygen atoms in total. The summed E-state index contributed by atoms with van der Waals surface area (Å²) in [6.07, 6.45) is 1.79. The molecule has 0 spiro atoms. The van der Waals surface area contributed by atoms with Gasteiger partial charge in [-0.1, -0.05) is 0 Å². The van der Waals surface area contributed by atoms with Crippen molar-refractivity contribution >= 4 is 6.29 Å². The van der Waals surface area contributed by atoms with Gasteiger partial charge in [0.1, 0.15) is 5.75 Å². The molecule has 0 saturated heterocycles. The van der Waals surface area contributed by atoms with E-state index in [-0.39, 0.29) is 0 Å². The lowest BCUT2D eigenvalue weighted by atomic mass is 10.2. The van der Waals surface area contributed by atoms with Crippen molar-refractivity contribution in [3.63, 3.8) is 0 Å². The first kappa shape index (κ1) is 7.79. The van der Waals surface area contributed by atoms with Crippen LogP contribution in [0.2, 0.25) is 0 Å². The molecule has 0 heterocycles. The Hall–Kier alpha value is -1.31. The fourth-order valence-electron chi connectivity index (χ4n) is 0.786. The topological polar surface area (TPSA) is 26.3 Å². The summed E-state index contributed by atoms with van der Waals surface area (Å²) in [5.41, 5.74) is 0.549. The van der Waals surface area contributed by atoms with Crippen molar-refractivity contribution < 1.29 is 9.53 Å². The molecular weight excluding hydrogens is 140 g/mol. The normalized spacial score (nSPS) is 9.18. The van der Waals surface area contributed by atoms with E-state index in [1.807, 2.05) is 6.92 Å². The van der Waals surface area contributed by atoms with Gasteiger partial charge in [0, 0.05) is 5.56 Å². The summed E-state index contributed by atoms with van der Waals surface area (Å²) in [5, 5.41) is 0. The van der Waals surface area contributed by atoms with E-state index in [9.17, 15) is 4.79 Å². The average molecular weight is 149 g/mol. The molecule has 0 bridgehead atoms. The van der Waals surface area contributed by atoms with Crippen LogP contribution in [-0.4, -0.2) is 12.9 Å². The van der Waals surface area contributed by atoms with Crippen molar-refractivity contribution in [3.05, 3.63) is 29.8 Å². The van der Waals surface area contributed by atoms with E-state index < -0.39 is 0 Å². The van der Waals surface area contributed by atoms with Crippen molar-refractivity contribution in [3.8, 4) is 5.75 Å². The Morgan fingerprint density at radius 1 is 1.36 bits per heavy atom. The zero-order valence-corrected chi connectivity index (χ0v) is 6.33. The minimum absolute atomic E-state index is 0.549. The summed E-state index contributed by atoms with van der Waals surface area (Å²) in [6.45, 7) is 2.56. The van der Waals surface area contributed by atoms with E-state index >= 15 is 0 Å². The maximum Gasteiger partial charge on any atom is 0.233 e. The maximum absolute atomic E-state index is 10.1. The van der Waals surface area contributed by atoms with Gasteiger partial charge in [-0.15, -0.1) is 0 Å². The second kappa shape index (κ2) is 3.76. The first-order valence-corrected chi connectivity index (χ1v) is 3.48. The number of hydrogen-bond donors (Lipinski definition) is 0. The van der Waals surface area contributed by atoms with E-state index in [4.69, 9.17) is 4.74 Å². The molecular formula is C9H9O2. The molecule has 1 rings (SSSR count). The maximum atomic E-state index is 10.1. The van der Waals surface area contributed by atoms with Gasteiger partial charge in [0.05, 0.1) is 6.61 Å². The molecule has 1 aromatic carbocycles. The molecule has 0 fully saturated rings. The zero-order chi connectivity index (χ0) is 8.10.